The third-order valence-electron chi connectivity index (χ3n) is 1.67. The van der Waals surface area contributed by atoms with E-state index in [-0.39, 0.29) is 0 Å². The van der Waals surface area contributed by atoms with Crippen LogP contribution in [0.5, 0.6) is 0 Å². The van der Waals surface area contributed by atoms with Crippen molar-refractivity contribution in [1.82, 2.24) is 0 Å². The Kier molecular flexibility index (Phi) is 4.72. The lowest BCUT2D eigenvalue weighted by molar-refractivity contribution is 0.176. The highest BCUT2D eigenvalue weighted by molar-refractivity contribution is 4.62. The molecule has 2 heteroatoms. The molecule has 0 spiro atoms. The Morgan fingerprint density at radius 2 is 2.00 bits per heavy atom. The van der Waals surface area contributed by atoms with Crippen molar-refractivity contribution in [3.05, 3.63) is 0 Å². The van der Waals surface area contributed by atoms with Crippen molar-refractivity contribution in [2.24, 2.45) is 11.7 Å². The summed E-state index contributed by atoms with van der Waals surface area (Å²) in [5, 5.41) is 0. The van der Waals surface area contributed by atoms with E-state index < -0.39 is 0 Å². The van der Waals surface area contributed by atoms with Crippen LogP contribution in [0.2, 0.25) is 0 Å². The Balaban J connectivity index is 3.16. The van der Waals surface area contributed by atoms with Crippen LogP contribution >= 0.6 is 0 Å². The van der Waals surface area contributed by atoms with Gasteiger partial charge in [0, 0.05) is 19.8 Å². The van der Waals surface area contributed by atoms with Crippen LogP contribution in [0.4, 0.5) is 0 Å². The first-order valence-corrected chi connectivity index (χ1v) is 3.43. The second-order valence-electron chi connectivity index (χ2n) is 2.62. The minimum Gasteiger partial charge on any atom is -0.385 e. The Bertz CT molecular complexity index is 63.9. The van der Waals surface area contributed by atoms with Crippen molar-refractivity contribution >= 4 is 0 Å². The molecule has 56 valence electrons. The second-order valence-corrected chi connectivity index (χ2v) is 2.62. The normalized spacial score (nSPS) is 17.3. The maximum atomic E-state index is 5.62. The molecular weight excluding hydrogens is 114 g/mol. The maximum Gasteiger partial charge on any atom is 0.0465 e. The van der Waals surface area contributed by atoms with Crippen LogP contribution in [0.3, 0.4) is 0 Å². The summed E-state index contributed by atoms with van der Waals surface area (Å²) in [5.41, 5.74) is 5.62. The predicted octanol–water partition coefficient (Wildman–Crippen LogP) is 1.01. The number of ether oxygens (including phenoxy) is 1. The minimum absolute atomic E-state index is 0.292. The van der Waals surface area contributed by atoms with Gasteiger partial charge in [0.05, 0.1) is 0 Å². The van der Waals surface area contributed by atoms with Gasteiger partial charge in [0.2, 0.25) is 0 Å². The van der Waals surface area contributed by atoms with Crippen LogP contribution < -0.4 is 5.73 Å². The fourth-order valence-corrected chi connectivity index (χ4v) is 0.567. The molecule has 9 heavy (non-hydrogen) atoms. The standard InChI is InChI=1S/C7H17NO/c1-6(7(2)8)4-5-9-3/h6-7H,4-5,8H2,1-3H3/t6-,7+/m1/s1. The van der Waals surface area contributed by atoms with E-state index in [4.69, 9.17) is 10.5 Å². The van der Waals surface area contributed by atoms with E-state index in [1.54, 1.807) is 7.11 Å². The van der Waals surface area contributed by atoms with Crippen LogP contribution in [-0.2, 0) is 4.74 Å². The Morgan fingerprint density at radius 1 is 1.44 bits per heavy atom. The minimum atomic E-state index is 0.292. The molecule has 0 saturated heterocycles. The summed E-state index contributed by atoms with van der Waals surface area (Å²) < 4.78 is 4.91. The molecule has 0 aliphatic rings. The molecule has 0 rings (SSSR count). The largest absolute Gasteiger partial charge is 0.385 e. The topological polar surface area (TPSA) is 35.2 Å². The van der Waals surface area contributed by atoms with Crippen molar-refractivity contribution in [1.29, 1.82) is 0 Å². The SMILES string of the molecule is COCC[C@@H](C)[C@H](C)N. The molecule has 0 aromatic heterocycles. The number of nitrogens with two attached hydrogens (primary N) is 1. The lowest BCUT2D eigenvalue weighted by Crippen LogP contribution is -2.24. The van der Waals surface area contributed by atoms with Gasteiger partial charge in [0.15, 0.2) is 0 Å². The summed E-state index contributed by atoms with van der Waals surface area (Å²) in [6, 6.07) is 0.292. The smallest absolute Gasteiger partial charge is 0.0465 e. The first-order chi connectivity index (χ1) is 4.18. The van der Waals surface area contributed by atoms with Gasteiger partial charge in [0.1, 0.15) is 0 Å². The zero-order valence-corrected chi connectivity index (χ0v) is 6.55. The van der Waals surface area contributed by atoms with Crippen molar-refractivity contribution < 1.29 is 4.74 Å². The lowest BCUT2D eigenvalue weighted by Gasteiger charge is -2.13. The molecule has 0 fully saturated rings. The van der Waals surface area contributed by atoms with Crippen LogP contribution in [0.15, 0.2) is 0 Å². The third kappa shape index (κ3) is 4.43. The molecule has 0 aromatic rings. The van der Waals surface area contributed by atoms with Gasteiger partial charge in [-0.05, 0) is 19.3 Å². The quantitative estimate of drug-likeness (QED) is 0.618. The Morgan fingerprint density at radius 3 is 2.33 bits per heavy atom. The molecular formula is C7H17NO. The first-order valence-electron chi connectivity index (χ1n) is 3.43. The third-order valence-corrected chi connectivity index (χ3v) is 1.67. The van der Waals surface area contributed by atoms with E-state index in [1.165, 1.54) is 0 Å². The van der Waals surface area contributed by atoms with Crippen molar-refractivity contribution in [2.75, 3.05) is 13.7 Å². The van der Waals surface area contributed by atoms with Crippen LogP contribution in [-0.4, -0.2) is 19.8 Å². The fraction of sp³-hybridized carbons (Fsp3) is 1.00. The van der Waals surface area contributed by atoms with E-state index in [9.17, 15) is 0 Å². The highest BCUT2D eigenvalue weighted by Crippen LogP contribution is 2.04. The van der Waals surface area contributed by atoms with E-state index in [0.717, 1.165) is 13.0 Å². The van der Waals surface area contributed by atoms with Crippen molar-refractivity contribution in [3.63, 3.8) is 0 Å². The lowest BCUT2D eigenvalue weighted by atomic mass is 10.0. The number of hydrogen-bond acceptors (Lipinski definition) is 2. The molecule has 2 atom stereocenters. The molecule has 0 aliphatic heterocycles. The van der Waals surface area contributed by atoms with Gasteiger partial charge in [-0.2, -0.15) is 0 Å². The molecule has 0 bridgehead atoms. The molecule has 0 amide bonds. The van der Waals surface area contributed by atoms with Gasteiger partial charge in [0.25, 0.3) is 0 Å². The highest BCUT2D eigenvalue weighted by atomic mass is 16.5. The van der Waals surface area contributed by atoms with Crippen molar-refractivity contribution in [3.8, 4) is 0 Å². The highest BCUT2D eigenvalue weighted by Gasteiger charge is 2.05. The molecule has 0 radical (unpaired) electrons. The second kappa shape index (κ2) is 4.77. The fourth-order valence-electron chi connectivity index (χ4n) is 0.567. The summed E-state index contributed by atoms with van der Waals surface area (Å²) in [6.07, 6.45) is 1.06. The van der Waals surface area contributed by atoms with Gasteiger partial charge in [-0.25, -0.2) is 0 Å². The van der Waals surface area contributed by atoms with Gasteiger partial charge in [-0.1, -0.05) is 6.92 Å². The average molecular weight is 131 g/mol. The number of methoxy groups -OCH3 is 1. The average Bonchev–Trinajstić information content (AvgIpc) is 1.82. The molecule has 0 unspecified atom stereocenters. The van der Waals surface area contributed by atoms with Gasteiger partial charge in [-0.15, -0.1) is 0 Å². The van der Waals surface area contributed by atoms with Crippen LogP contribution in [0.25, 0.3) is 0 Å². The maximum absolute atomic E-state index is 5.62. The number of hydrogen-bond donors (Lipinski definition) is 1. The van der Waals surface area contributed by atoms with Gasteiger partial charge < -0.3 is 10.5 Å². The van der Waals surface area contributed by atoms with Crippen molar-refractivity contribution in [2.45, 2.75) is 26.3 Å². The molecule has 2 N–H and O–H groups in total. The zero-order chi connectivity index (χ0) is 7.28. The summed E-state index contributed by atoms with van der Waals surface area (Å²) in [5.74, 6) is 0.574. The monoisotopic (exact) mass is 131 g/mol. The molecule has 2 nitrogen and oxygen atoms in total. The molecule has 0 aliphatic carbocycles. The zero-order valence-electron chi connectivity index (χ0n) is 6.55. The first kappa shape index (κ1) is 8.92. The predicted molar refractivity (Wildman–Crippen MR) is 39.3 cm³/mol. The van der Waals surface area contributed by atoms with Gasteiger partial charge in [-0.3, -0.25) is 0 Å². The van der Waals surface area contributed by atoms with E-state index in [1.807, 2.05) is 6.92 Å². The van der Waals surface area contributed by atoms with Gasteiger partial charge >= 0.3 is 0 Å². The van der Waals surface area contributed by atoms with E-state index in [2.05, 4.69) is 6.92 Å². The summed E-state index contributed by atoms with van der Waals surface area (Å²) >= 11 is 0. The molecule has 0 saturated carbocycles. The van der Waals surface area contributed by atoms with Crippen LogP contribution in [0.1, 0.15) is 20.3 Å². The summed E-state index contributed by atoms with van der Waals surface area (Å²) in [6.45, 7) is 4.99. The van der Waals surface area contributed by atoms with E-state index >= 15 is 0 Å². The van der Waals surface area contributed by atoms with E-state index in [0.29, 0.717) is 12.0 Å². The molecule has 0 aromatic carbocycles. The summed E-state index contributed by atoms with van der Waals surface area (Å²) in [4.78, 5) is 0. The Hall–Kier alpha value is -0.0800. The Labute approximate surface area is 57.4 Å². The summed E-state index contributed by atoms with van der Waals surface area (Å²) in [7, 11) is 1.72. The number of rotatable bonds is 4. The molecule has 0 heterocycles. The van der Waals surface area contributed by atoms with Crippen LogP contribution in [0, 0.1) is 5.92 Å².